The van der Waals surface area contributed by atoms with Gasteiger partial charge in [-0.15, -0.1) is 123 Å². The fraction of sp³-hybridized carbons (Fsp3) is 0.106. The van der Waals surface area contributed by atoms with Gasteiger partial charge < -0.3 is 13.7 Å². The largest absolute Gasteiger partial charge is 0.316 e. The third kappa shape index (κ3) is 16.7. The van der Waals surface area contributed by atoms with Crippen LogP contribution in [0.2, 0.25) is 0 Å². The van der Waals surface area contributed by atoms with Crippen molar-refractivity contribution >= 4 is 0 Å². The summed E-state index contributed by atoms with van der Waals surface area (Å²) in [5.74, 6) is 5.46. The average Bonchev–Trinajstić information content (AvgIpc) is 1.60. The van der Waals surface area contributed by atoms with E-state index < -0.39 is 0 Å². The van der Waals surface area contributed by atoms with Crippen molar-refractivity contribution in [1.82, 2.24) is 44.3 Å². The molecule has 16 aromatic rings. The minimum Gasteiger partial charge on any atom is -0.316 e. The maximum absolute atomic E-state index is 4.82. The van der Waals surface area contributed by atoms with Gasteiger partial charge in [-0.05, 0) is 91.1 Å². The Kier molecular flexibility index (Phi) is 25.5. The van der Waals surface area contributed by atoms with Crippen molar-refractivity contribution in [2.75, 3.05) is 0 Å². The zero-order chi connectivity index (χ0) is 70.7. The molecule has 0 spiro atoms. The van der Waals surface area contributed by atoms with Gasteiger partial charge in [0, 0.05) is 99.6 Å². The molecule has 0 N–H and O–H groups in total. The minimum absolute atomic E-state index is 0. The third-order valence-corrected chi connectivity index (χ3v) is 18.4. The Labute approximate surface area is 663 Å². The number of hydrogen-bond acceptors (Lipinski definition) is 6. The van der Waals surface area contributed by atoms with Crippen LogP contribution in [-0.2, 0) is 65.7 Å². The molecule has 106 heavy (non-hydrogen) atoms. The van der Waals surface area contributed by atoms with E-state index in [2.05, 4.69) is 333 Å². The Morgan fingerprint density at radius 2 is 0.557 bits per heavy atom. The number of benzene rings is 13. The molecule has 529 valence electrons. The summed E-state index contributed by atoms with van der Waals surface area (Å²) >= 11 is 0. The zero-order valence-electron chi connectivity index (χ0n) is 59.9. The second-order valence-corrected chi connectivity index (χ2v) is 26.9. The van der Waals surface area contributed by atoms with E-state index in [1.807, 2.05) is 91.0 Å². The second-order valence-electron chi connectivity index (χ2n) is 26.9. The first-order chi connectivity index (χ1) is 50.5. The van der Waals surface area contributed by atoms with Crippen LogP contribution >= 0.6 is 0 Å². The van der Waals surface area contributed by atoms with Gasteiger partial charge in [0.2, 0.25) is 0 Å². The molecule has 0 aliphatic rings. The van der Waals surface area contributed by atoms with E-state index in [1.54, 1.807) is 0 Å². The molecule has 0 aliphatic carbocycles. The second kappa shape index (κ2) is 35.3. The van der Waals surface area contributed by atoms with E-state index in [0.717, 1.165) is 124 Å². The molecule has 0 bridgehead atoms. The predicted octanol–water partition coefficient (Wildman–Crippen LogP) is 23.4. The van der Waals surface area contributed by atoms with E-state index >= 15 is 0 Å². The van der Waals surface area contributed by atoms with Crippen LogP contribution in [0.15, 0.2) is 334 Å². The summed E-state index contributed by atoms with van der Waals surface area (Å²) in [6.07, 6.45) is 0. The van der Waals surface area contributed by atoms with E-state index in [4.69, 9.17) is 20.4 Å². The smallest absolute Gasteiger partial charge is 0.160 e. The van der Waals surface area contributed by atoms with Crippen molar-refractivity contribution in [3.8, 4) is 130 Å². The SMILES string of the molecule is CC(C)(C)c1ccc(-n2c(-c3[c-]cccc3)nnc2-c2ccccc2-c2ccccc2)cc1.CC(C)c1cccc(C(C)C)c1-n1c(-c2[c-]cccc2)nnc1-c1ccccc1-c1ccccc1.[Ir].[Ir].[Ir].[c-]1ccccc1-c1nnc(-c2ccccc2-c2ccccc2)n1-c1ccccc1-c1ccccc1. The topological polar surface area (TPSA) is 92.1 Å². The van der Waals surface area contributed by atoms with Gasteiger partial charge in [-0.3, -0.25) is 0 Å². The van der Waals surface area contributed by atoms with Crippen LogP contribution in [0, 0.1) is 18.2 Å². The molecular formula is C94H78Ir3N9-3. The first-order valence-corrected chi connectivity index (χ1v) is 35.1. The molecule has 0 saturated carbocycles. The molecule has 16 rings (SSSR count). The monoisotopic (exact) mass is 1910 g/mol. The fourth-order valence-corrected chi connectivity index (χ4v) is 13.2. The molecule has 3 heterocycles. The van der Waals surface area contributed by atoms with Crippen molar-refractivity contribution in [2.24, 2.45) is 0 Å². The maximum atomic E-state index is 4.82. The number of nitrogens with zero attached hydrogens (tertiary/aromatic N) is 9. The van der Waals surface area contributed by atoms with Gasteiger partial charge in [0.15, 0.2) is 17.5 Å². The Morgan fingerprint density at radius 3 is 0.915 bits per heavy atom. The van der Waals surface area contributed by atoms with Crippen molar-refractivity contribution in [3.63, 3.8) is 0 Å². The normalized spacial score (nSPS) is 10.9. The number of hydrogen-bond donors (Lipinski definition) is 0. The summed E-state index contributed by atoms with van der Waals surface area (Å²) < 4.78 is 6.56. The Bertz CT molecular complexity index is 5440. The molecule has 0 atom stereocenters. The fourth-order valence-electron chi connectivity index (χ4n) is 13.2. The maximum Gasteiger partial charge on any atom is 0.160 e. The van der Waals surface area contributed by atoms with Crippen molar-refractivity contribution in [1.29, 1.82) is 0 Å². The number of para-hydroxylation sites is 2. The van der Waals surface area contributed by atoms with Gasteiger partial charge in [-0.25, -0.2) is 0 Å². The van der Waals surface area contributed by atoms with E-state index in [-0.39, 0.29) is 65.7 Å². The Morgan fingerprint density at radius 1 is 0.264 bits per heavy atom. The molecule has 0 amide bonds. The Hall–Kier alpha value is -10.8. The van der Waals surface area contributed by atoms with Crippen LogP contribution in [0.1, 0.15) is 77.0 Å². The minimum atomic E-state index is 0. The Balaban J connectivity index is 0.000000157. The first-order valence-electron chi connectivity index (χ1n) is 35.1. The van der Waals surface area contributed by atoms with Crippen LogP contribution in [0.4, 0.5) is 0 Å². The summed E-state index contributed by atoms with van der Waals surface area (Å²) in [6, 6.07) is 125. The van der Waals surface area contributed by atoms with Gasteiger partial charge in [0.25, 0.3) is 0 Å². The predicted molar refractivity (Wildman–Crippen MR) is 422 cm³/mol. The van der Waals surface area contributed by atoms with Crippen LogP contribution < -0.4 is 0 Å². The quantitative estimate of drug-likeness (QED) is 0.0950. The molecule has 0 saturated heterocycles. The third-order valence-electron chi connectivity index (χ3n) is 18.4. The standard InChI is InChI=1S/C32H22N3.C32H30N3.C30H26N3.3Ir/c1-4-14-24(15-5-1)27-20-10-11-22-29(27)32-34-33-31(26-18-8-3-9-19-26)35(32)30-23-13-12-21-28(30)25-16-6-2-7-17-25;1-22(2)26-20-13-21-27(23(3)4)30(26)35-31(25-16-9-6-10-17-25)33-34-32(35)29-19-12-11-18-28(29)24-14-7-5-8-15-24;1-30(2,3)24-18-20-25(21-19-24)33-28(23-14-8-5-9-15-23)31-32-29(33)27-17-11-10-16-26(27)22-12-6-4-7-13-22;;;/h1-18,20-23H;5-16,18-23H,1-4H3;4-14,16-21H,1-3H3;;;/q3*-1;;;. The molecule has 9 nitrogen and oxygen atoms in total. The zero-order valence-corrected chi connectivity index (χ0v) is 67.1. The van der Waals surface area contributed by atoms with Crippen LogP contribution in [0.25, 0.3) is 130 Å². The summed E-state index contributed by atoms with van der Waals surface area (Å²) in [6.45, 7) is 15.7. The molecule has 0 aliphatic heterocycles. The van der Waals surface area contributed by atoms with Crippen molar-refractivity contribution in [2.45, 2.75) is 65.7 Å². The summed E-state index contributed by atoms with van der Waals surface area (Å²) in [4.78, 5) is 0. The van der Waals surface area contributed by atoms with E-state index in [1.165, 1.54) is 22.4 Å². The van der Waals surface area contributed by atoms with Gasteiger partial charge in [0.05, 0.1) is 17.5 Å². The van der Waals surface area contributed by atoms with Crippen LogP contribution in [-0.4, -0.2) is 44.3 Å². The van der Waals surface area contributed by atoms with Gasteiger partial charge in [-0.1, -0.05) is 291 Å². The first kappa shape index (κ1) is 76.4. The molecule has 0 unspecified atom stereocenters. The van der Waals surface area contributed by atoms with E-state index in [0.29, 0.717) is 11.8 Å². The van der Waals surface area contributed by atoms with Crippen molar-refractivity contribution in [3.05, 3.63) is 369 Å². The van der Waals surface area contributed by atoms with Gasteiger partial charge in [-0.2, -0.15) is 15.3 Å². The average molecular weight is 1910 g/mol. The molecule has 3 radical (unpaired) electrons. The summed E-state index contributed by atoms with van der Waals surface area (Å²) in [5, 5.41) is 28.3. The molecular weight excluding hydrogens is 1830 g/mol. The van der Waals surface area contributed by atoms with Gasteiger partial charge >= 0.3 is 0 Å². The summed E-state index contributed by atoms with van der Waals surface area (Å²) in [7, 11) is 0. The summed E-state index contributed by atoms with van der Waals surface area (Å²) in [5.41, 5.74) is 22.1. The van der Waals surface area contributed by atoms with Crippen LogP contribution in [0.5, 0.6) is 0 Å². The van der Waals surface area contributed by atoms with Crippen LogP contribution in [0.3, 0.4) is 0 Å². The number of aromatic nitrogens is 9. The molecule has 13 aromatic carbocycles. The molecule has 12 heteroatoms. The molecule has 0 fully saturated rings. The van der Waals surface area contributed by atoms with Crippen molar-refractivity contribution < 1.29 is 60.3 Å². The molecule has 3 aromatic heterocycles. The number of rotatable bonds is 15. The van der Waals surface area contributed by atoms with E-state index in [9.17, 15) is 0 Å². The van der Waals surface area contributed by atoms with Gasteiger partial charge in [0.1, 0.15) is 0 Å².